The number of carbonyl (C=O) groups excluding carboxylic acids is 3. The minimum atomic E-state index is -0.386. The molecule has 7 nitrogen and oxygen atoms in total. The molecule has 2 aliphatic heterocycles. The lowest BCUT2D eigenvalue weighted by Gasteiger charge is -2.12. The molecule has 1 N–H and O–H groups in total. The lowest BCUT2D eigenvalue weighted by atomic mass is 10.1. The van der Waals surface area contributed by atoms with Crippen LogP contribution in [0.4, 0.5) is 10.5 Å². The van der Waals surface area contributed by atoms with Crippen LogP contribution in [0, 0.1) is 0 Å². The molecule has 9 heteroatoms. The summed E-state index contributed by atoms with van der Waals surface area (Å²) < 4.78 is 7.42. The van der Waals surface area contributed by atoms with Gasteiger partial charge >= 0.3 is 0 Å². The molecule has 2 aromatic carbocycles. The molecule has 2 fully saturated rings. The zero-order valence-electron chi connectivity index (χ0n) is 18.2. The van der Waals surface area contributed by atoms with Crippen LogP contribution in [0.25, 0.3) is 17.0 Å². The summed E-state index contributed by atoms with van der Waals surface area (Å²) in [5.41, 5.74) is 2.11. The first-order valence-electron chi connectivity index (χ1n) is 11.0. The SMILES string of the molecule is O=C(Cn1cc(/C=C2\SC(=O)N(c3ccc(Cl)cc3)C2=O)c2ccccc21)NC[C@H]1CCCO1. The molecule has 0 aliphatic carbocycles. The van der Waals surface area contributed by atoms with Gasteiger partial charge in [0.15, 0.2) is 0 Å². The molecule has 34 heavy (non-hydrogen) atoms. The van der Waals surface area contributed by atoms with Gasteiger partial charge in [-0.3, -0.25) is 14.4 Å². The third-order valence-electron chi connectivity index (χ3n) is 5.85. The van der Waals surface area contributed by atoms with E-state index in [4.69, 9.17) is 16.3 Å². The smallest absolute Gasteiger partial charge is 0.298 e. The molecule has 0 spiro atoms. The number of aromatic nitrogens is 1. The zero-order chi connectivity index (χ0) is 23.7. The van der Waals surface area contributed by atoms with E-state index in [-0.39, 0.29) is 29.7 Å². The molecule has 174 valence electrons. The molecular formula is C25H22ClN3O4S. The van der Waals surface area contributed by atoms with Crippen LogP contribution in [-0.2, 0) is 20.9 Å². The minimum absolute atomic E-state index is 0.0807. The number of anilines is 1. The number of nitrogens with one attached hydrogen (secondary N) is 1. The Bertz CT molecular complexity index is 1300. The lowest BCUT2D eigenvalue weighted by molar-refractivity contribution is -0.122. The van der Waals surface area contributed by atoms with Gasteiger partial charge in [-0.1, -0.05) is 29.8 Å². The van der Waals surface area contributed by atoms with Crippen molar-refractivity contribution in [2.24, 2.45) is 0 Å². The van der Waals surface area contributed by atoms with E-state index in [2.05, 4.69) is 5.32 Å². The Hall–Kier alpha value is -3.07. The third kappa shape index (κ3) is 4.61. The number of benzene rings is 2. The van der Waals surface area contributed by atoms with Crippen LogP contribution >= 0.6 is 23.4 Å². The number of thioether (sulfide) groups is 1. The first kappa shape index (κ1) is 22.7. The Kier molecular flexibility index (Phi) is 6.45. The van der Waals surface area contributed by atoms with Crippen LogP contribution < -0.4 is 10.2 Å². The number of rotatable bonds is 6. The second-order valence-electron chi connectivity index (χ2n) is 8.16. The predicted molar refractivity (Wildman–Crippen MR) is 134 cm³/mol. The van der Waals surface area contributed by atoms with E-state index < -0.39 is 0 Å². The number of imide groups is 1. The maximum absolute atomic E-state index is 13.0. The molecule has 2 saturated heterocycles. The molecule has 3 amide bonds. The quantitative estimate of drug-likeness (QED) is 0.495. The molecule has 1 atom stereocenters. The van der Waals surface area contributed by atoms with Gasteiger partial charge in [0.1, 0.15) is 6.54 Å². The number of nitrogens with zero attached hydrogens (tertiary/aromatic N) is 2. The molecule has 2 aliphatic rings. The fourth-order valence-electron chi connectivity index (χ4n) is 4.19. The average molecular weight is 496 g/mol. The Morgan fingerprint density at radius 3 is 2.74 bits per heavy atom. The highest BCUT2D eigenvalue weighted by Crippen LogP contribution is 2.37. The van der Waals surface area contributed by atoms with Crippen LogP contribution in [0.5, 0.6) is 0 Å². The molecule has 3 aromatic rings. The van der Waals surface area contributed by atoms with Crippen LogP contribution in [0.3, 0.4) is 0 Å². The van der Waals surface area contributed by atoms with Gasteiger partial charge in [-0.25, -0.2) is 4.90 Å². The minimum Gasteiger partial charge on any atom is -0.376 e. The summed E-state index contributed by atoms with van der Waals surface area (Å²) in [6.07, 6.45) is 5.62. The third-order valence-corrected chi connectivity index (χ3v) is 6.97. The lowest BCUT2D eigenvalue weighted by Crippen LogP contribution is -2.34. The Labute approximate surface area is 205 Å². The van der Waals surface area contributed by atoms with Gasteiger partial charge < -0.3 is 14.6 Å². The Morgan fingerprint density at radius 2 is 1.97 bits per heavy atom. The van der Waals surface area contributed by atoms with Crippen LogP contribution in [-0.4, -0.2) is 40.9 Å². The van der Waals surface area contributed by atoms with E-state index >= 15 is 0 Å². The van der Waals surface area contributed by atoms with Gasteiger partial charge in [0.25, 0.3) is 11.1 Å². The van der Waals surface area contributed by atoms with Crippen molar-refractivity contribution in [2.45, 2.75) is 25.5 Å². The molecule has 1 aromatic heterocycles. The Morgan fingerprint density at radius 1 is 1.18 bits per heavy atom. The normalized spacial score (nSPS) is 19.5. The van der Waals surface area contributed by atoms with Crippen molar-refractivity contribution in [1.82, 2.24) is 9.88 Å². The fourth-order valence-corrected chi connectivity index (χ4v) is 5.14. The van der Waals surface area contributed by atoms with E-state index in [0.29, 0.717) is 22.2 Å². The molecule has 5 rings (SSSR count). The number of hydrogen-bond donors (Lipinski definition) is 1. The van der Waals surface area contributed by atoms with E-state index in [9.17, 15) is 14.4 Å². The number of halogens is 1. The van der Waals surface area contributed by atoms with Crippen molar-refractivity contribution in [3.8, 4) is 0 Å². The van der Waals surface area contributed by atoms with E-state index in [1.54, 1.807) is 30.3 Å². The number of carbonyl (C=O) groups is 3. The van der Waals surface area contributed by atoms with Crippen LogP contribution in [0.1, 0.15) is 18.4 Å². The first-order valence-corrected chi connectivity index (χ1v) is 12.2. The number of hydrogen-bond acceptors (Lipinski definition) is 5. The zero-order valence-corrected chi connectivity index (χ0v) is 19.8. The van der Waals surface area contributed by atoms with Crippen LogP contribution in [0.15, 0.2) is 59.6 Å². The summed E-state index contributed by atoms with van der Waals surface area (Å²) in [7, 11) is 0. The van der Waals surface area contributed by atoms with Crippen molar-refractivity contribution >= 4 is 63.1 Å². The maximum Gasteiger partial charge on any atom is 0.298 e. The van der Waals surface area contributed by atoms with Gasteiger partial charge in [0, 0.05) is 40.8 Å². The average Bonchev–Trinajstić information content (AvgIpc) is 3.53. The van der Waals surface area contributed by atoms with Gasteiger partial charge in [0.2, 0.25) is 5.91 Å². The molecule has 0 unspecified atom stereocenters. The van der Waals surface area contributed by atoms with Crippen molar-refractivity contribution < 1.29 is 19.1 Å². The number of ether oxygens (including phenoxy) is 1. The standard InChI is InChI=1S/C25H22ClN3O4S/c26-17-7-9-18(10-8-17)29-24(31)22(34-25(29)32)12-16-14-28(21-6-2-1-5-20(16)21)15-23(30)27-13-19-4-3-11-33-19/h1-2,5-10,12,14,19H,3-4,11,13,15H2,(H,27,30)/b22-12-/t19-/m1/s1. The maximum atomic E-state index is 13.0. The van der Waals surface area contributed by atoms with Gasteiger partial charge in [0.05, 0.1) is 16.7 Å². The summed E-state index contributed by atoms with van der Waals surface area (Å²) >= 11 is 6.82. The van der Waals surface area contributed by atoms with E-state index in [0.717, 1.165) is 52.6 Å². The molecule has 3 heterocycles. The summed E-state index contributed by atoms with van der Waals surface area (Å²) in [6, 6.07) is 14.2. The highest BCUT2D eigenvalue weighted by Gasteiger charge is 2.36. The summed E-state index contributed by atoms with van der Waals surface area (Å²) in [4.78, 5) is 39.7. The van der Waals surface area contributed by atoms with Crippen molar-refractivity contribution in [3.05, 3.63) is 70.2 Å². The van der Waals surface area contributed by atoms with Gasteiger partial charge in [-0.15, -0.1) is 0 Å². The largest absolute Gasteiger partial charge is 0.376 e. The highest BCUT2D eigenvalue weighted by molar-refractivity contribution is 8.19. The number of para-hydroxylation sites is 1. The topological polar surface area (TPSA) is 80.6 Å². The van der Waals surface area contributed by atoms with Gasteiger partial charge in [-0.2, -0.15) is 0 Å². The molecular weight excluding hydrogens is 474 g/mol. The number of amides is 3. The summed E-state index contributed by atoms with van der Waals surface area (Å²) in [5.74, 6) is -0.491. The first-order chi connectivity index (χ1) is 16.5. The summed E-state index contributed by atoms with van der Waals surface area (Å²) in [5, 5.41) is 4.00. The van der Waals surface area contributed by atoms with Crippen molar-refractivity contribution in [3.63, 3.8) is 0 Å². The molecule has 0 bridgehead atoms. The second kappa shape index (κ2) is 9.66. The van der Waals surface area contributed by atoms with E-state index in [1.165, 1.54) is 0 Å². The Balaban J connectivity index is 1.38. The van der Waals surface area contributed by atoms with Crippen molar-refractivity contribution in [1.29, 1.82) is 0 Å². The number of fused-ring (bicyclic) bond motifs is 1. The monoisotopic (exact) mass is 495 g/mol. The molecule has 0 radical (unpaired) electrons. The molecule has 0 saturated carbocycles. The van der Waals surface area contributed by atoms with Crippen LogP contribution in [0.2, 0.25) is 5.02 Å². The predicted octanol–water partition coefficient (Wildman–Crippen LogP) is 4.83. The highest BCUT2D eigenvalue weighted by atomic mass is 35.5. The summed E-state index contributed by atoms with van der Waals surface area (Å²) in [6.45, 7) is 1.39. The van der Waals surface area contributed by atoms with E-state index in [1.807, 2.05) is 35.0 Å². The fraction of sp³-hybridized carbons (Fsp3) is 0.240. The van der Waals surface area contributed by atoms with Crippen molar-refractivity contribution in [2.75, 3.05) is 18.1 Å². The van der Waals surface area contributed by atoms with Gasteiger partial charge in [-0.05, 0) is 61.0 Å². The second-order valence-corrected chi connectivity index (χ2v) is 9.59.